The first-order valence-corrected chi connectivity index (χ1v) is 8.86. The summed E-state index contributed by atoms with van der Waals surface area (Å²) in [6.07, 6.45) is 5.99. The zero-order valence-electron chi connectivity index (χ0n) is 14.7. The molecule has 3 atom stereocenters. The highest BCUT2D eigenvalue weighted by Crippen LogP contribution is 2.41. The maximum atomic E-state index is 10.0. The molecule has 3 heterocycles. The SMILES string of the molecule is CN(c1ncnc2[nH]ccc12)C1C[C@@H]2CN(CC(C)(C)O)C[C@@H]2C1. The Morgan fingerprint density at radius 3 is 2.67 bits per heavy atom. The molecule has 4 rings (SSSR count). The minimum Gasteiger partial charge on any atom is -0.389 e. The van der Waals surface area contributed by atoms with Gasteiger partial charge in [0.2, 0.25) is 0 Å². The van der Waals surface area contributed by atoms with Crippen molar-refractivity contribution in [3.63, 3.8) is 0 Å². The standard InChI is InChI=1S/C18H27N5O/c1-18(2,24)10-23-8-12-6-14(7-13(12)9-23)22(3)17-15-4-5-19-16(15)20-11-21-17/h4-5,11-14,24H,6-10H2,1-3H3,(H,19,20,21)/t12-,13+,14?. The van der Waals surface area contributed by atoms with Gasteiger partial charge in [-0.1, -0.05) is 0 Å². The molecule has 2 aromatic heterocycles. The first-order chi connectivity index (χ1) is 11.4. The summed E-state index contributed by atoms with van der Waals surface area (Å²) in [5, 5.41) is 11.1. The molecule has 6 heteroatoms. The van der Waals surface area contributed by atoms with Crippen LogP contribution in [-0.2, 0) is 0 Å². The van der Waals surface area contributed by atoms with Gasteiger partial charge in [0.15, 0.2) is 0 Å². The first-order valence-electron chi connectivity index (χ1n) is 8.86. The number of aromatic nitrogens is 3. The Kier molecular flexibility index (Phi) is 3.77. The zero-order valence-corrected chi connectivity index (χ0v) is 14.7. The molecule has 1 unspecified atom stereocenters. The number of fused-ring (bicyclic) bond motifs is 2. The van der Waals surface area contributed by atoms with Crippen molar-refractivity contribution < 1.29 is 5.11 Å². The quantitative estimate of drug-likeness (QED) is 0.896. The van der Waals surface area contributed by atoms with Crippen LogP contribution in [0.1, 0.15) is 26.7 Å². The molecule has 1 aliphatic heterocycles. The van der Waals surface area contributed by atoms with Crippen LogP contribution in [0, 0.1) is 11.8 Å². The van der Waals surface area contributed by atoms with Crippen molar-refractivity contribution in [2.75, 3.05) is 31.6 Å². The van der Waals surface area contributed by atoms with Gasteiger partial charge in [-0.15, -0.1) is 0 Å². The summed E-state index contributed by atoms with van der Waals surface area (Å²) in [7, 11) is 2.16. The third kappa shape index (κ3) is 2.89. The summed E-state index contributed by atoms with van der Waals surface area (Å²) < 4.78 is 0. The molecule has 6 nitrogen and oxygen atoms in total. The Labute approximate surface area is 142 Å². The van der Waals surface area contributed by atoms with E-state index in [1.807, 2.05) is 20.0 Å². The van der Waals surface area contributed by atoms with Crippen molar-refractivity contribution in [1.29, 1.82) is 0 Å². The van der Waals surface area contributed by atoms with Gasteiger partial charge in [-0.3, -0.25) is 4.90 Å². The van der Waals surface area contributed by atoms with Gasteiger partial charge < -0.3 is 15.0 Å². The topological polar surface area (TPSA) is 68.3 Å². The second kappa shape index (κ2) is 5.70. The van der Waals surface area contributed by atoms with E-state index in [1.165, 1.54) is 12.8 Å². The Hall–Kier alpha value is -1.66. The van der Waals surface area contributed by atoms with E-state index < -0.39 is 5.60 Å². The molecule has 1 aliphatic carbocycles. The largest absolute Gasteiger partial charge is 0.389 e. The lowest BCUT2D eigenvalue weighted by Crippen LogP contribution is -2.39. The minimum absolute atomic E-state index is 0.539. The Morgan fingerprint density at radius 1 is 1.29 bits per heavy atom. The Bertz CT molecular complexity index is 708. The van der Waals surface area contributed by atoms with Crippen molar-refractivity contribution >= 4 is 16.9 Å². The summed E-state index contributed by atoms with van der Waals surface area (Å²) in [6.45, 7) is 6.80. The lowest BCUT2D eigenvalue weighted by atomic mass is 10.0. The molecule has 1 saturated carbocycles. The van der Waals surface area contributed by atoms with E-state index in [9.17, 15) is 5.11 Å². The summed E-state index contributed by atoms with van der Waals surface area (Å²) in [5.74, 6) is 2.51. The average Bonchev–Trinajstić information content (AvgIpc) is 3.17. The molecule has 1 saturated heterocycles. The first kappa shape index (κ1) is 15.8. The van der Waals surface area contributed by atoms with Gasteiger partial charge in [0.1, 0.15) is 17.8 Å². The van der Waals surface area contributed by atoms with Crippen molar-refractivity contribution in [3.8, 4) is 0 Å². The molecule has 130 valence electrons. The van der Waals surface area contributed by atoms with Crippen molar-refractivity contribution in [3.05, 3.63) is 18.6 Å². The number of aromatic amines is 1. The van der Waals surface area contributed by atoms with Gasteiger partial charge in [-0.05, 0) is 44.6 Å². The molecule has 0 spiro atoms. The Balaban J connectivity index is 1.44. The predicted molar refractivity (Wildman–Crippen MR) is 95.0 cm³/mol. The maximum absolute atomic E-state index is 10.0. The fourth-order valence-electron chi connectivity index (χ4n) is 4.67. The summed E-state index contributed by atoms with van der Waals surface area (Å²) in [5.41, 5.74) is 0.303. The smallest absolute Gasteiger partial charge is 0.142 e. The molecular weight excluding hydrogens is 302 g/mol. The second-order valence-electron chi connectivity index (χ2n) is 8.20. The Morgan fingerprint density at radius 2 is 2.00 bits per heavy atom. The van der Waals surface area contributed by atoms with Gasteiger partial charge in [-0.25, -0.2) is 9.97 Å². The minimum atomic E-state index is -0.602. The molecular formula is C18H27N5O. The summed E-state index contributed by atoms with van der Waals surface area (Å²) >= 11 is 0. The van der Waals surface area contributed by atoms with Crippen LogP contribution in [0.2, 0.25) is 0 Å². The van der Waals surface area contributed by atoms with Crippen molar-refractivity contribution in [2.24, 2.45) is 11.8 Å². The van der Waals surface area contributed by atoms with Gasteiger partial charge in [0.25, 0.3) is 0 Å². The maximum Gasteiger partial charge on any atom is 0.142 e. The molecule has 0 radical (unpaired) electrons. The van der Waals surface area contributed by atoms with Crippen LogP contribution in [-0.4, -0.2) is 63.3 Å². The van der Waals surface area contributed by atoms with Crippen LogP contribution in [0.4, 0.5) is 5.82 Å². The molecule has 0 amide bonds. The third-order valence-electron chi connectivity index (χ3n) is 5.63. The number of anilines is 1. The number of likely N-dealkylation sites (tertiary alicyclic amines) is 1. The molecule has 2 aromatic rings. The number of aliphatic hydroxyl groups is 1. The van der Waals surface area contributed by atoms with E-state index in [1.54, 1.807) is 6.33 Å². The molecule has 24 heavy (non-hydrogen) atoms. The van der Waals surface area contributed by atoms with Crippen molar-refractivity contribution in [2.45, 2.75) is 38.3 Å². The second-order valence-corrected chi connectivity index (χ2v) is 8.20. The van der Waals surface area contributed by atoms with Crippen LogP contribution >= 0.6 is 0 Å². The molecule has 0 aromatic carbocycles. The zero-order chi connectivity index (χ0) is 16.9. The van der Waals surface area contributed by atoms with Crippen LogP contribution in [0.15, 0.2) is 18.6 Å². The molecule has 2 aliphatic rings. The van der Waals surface area contributed by atoms with E-state index in [0.717, 1.165) is 48.3 Å². The molecule has 2 fully saturated rings. The number of rotatable bonds is 4. The van der Waals surface area contributed by atoms with E-state index >= 15 is 0 Å². The highest BCUT2D eigenvalue weighted by atomic mass is 16.3. The predicted octanol–water partition coefficient (Wildman–Crippen LogP) is 1.88. The molecule has 2 N–H and O–H groups in total. The van der Waals surface area contributed by atoms with E-state index in [0.29, 0.717) is 6.04 Å². The van der Waals surface area contributed by atoms with Crippen LogP contribution in [0.5, 0.6) is 0 Å². The van der Waals surface area contributed by atoms with Crippen molar-refractivity contribution in [1.82, 2.24) is 19.9 Å². The number of H-pyrrole nitrogens is 1. The van der Waals surface area contributed by atoms with Crippen LogP contribution < -0.4 is 4.90 Å². The highest BCUT2D eigenvalue weighted by Gasteiger charge is 2.43. The fraction of sp³-hybridized carbons (Fsp3) is 0.667. The van der Waals surface area contributed by atoms with E-state index in [2.05, 4.69) is 37.9 Å². The van der Waals surface area contributed by atoms with Gasteiger partial charge in [-0.2, -0.15) is 0 Å². The lowest BCUT2D eigenvalue weighted by molar-refractivity contribution is 0.0413. The fourth-order valence-corrected chi connectivity index (χ4v) is 4.67. The lowest BCUT2D eigenvalue weighted by Gasteiger charge is -2.29. The monoisotopic (exact) mass is 329 g/mol. The van der Waals surface area contributed by atoms with Crippen LogP contribution in [0.3, 0.4) is 0 Å². The van der Waals surface area contributed by atoms with E-state index in [4.69, 9.17) is 0 Å². The summed E-state index contributed by atoms with van der Waals surface area (Å²) in [6, 6.07) is 2.60. The van der Waals surface area contributed by atoms with Crippen LogP contribution in [0.25, 0.3) is 11.0 Å². The van der Waals surface area contributed by atoms with E-state index in [-0.39, 0.29) is 0 Å². The third-order valence-corrected chi connectivity index (χ3v) is 5.63. The number of hydrogen-bond acceptors (Lipinski definition) is 5. The average molecular weight is 329 g/mol. The molecule has 0 bridgehead atoms. The van der Waals surface area contributed by atoms with Gasteiger partial charge in [0, 0.05) is 38.9 Å². The summed E-state index contributed by atoms with van der Waals surface area (Å²) in [4.78, 5) is 16.8. The number of nitrogens with one attached hydrogen (secondary N) is 1. The highest BCUT2D eigenvalue weighted by molar-refractivity contribution is 5.87. The van der Waals surface area contributed by atoms with Gasteiger partial charge >= 0.3 is 0 Å². The number of hydrogen-bond donors (Lipinski definition) is 2. The normalized spacial score (nSPS) is 27.8. The number of nitrogens with zero attached hydrogens (tertiary/aromatic N) is 4. The van der Waals surface area contributed by atoms with Gasteiger partial charge in [0.05, 0.1) is 11.0 Å². The number of β-amino-alcohol motifs (C(OH)–C–C–N with tert-alkyl or cyclic N) is 1.